The molecule has 40 heavy (non-hydrogen) atoms. The number of carboxylic acids is 2. The fourth-order valence-electron chi connectivity index (χ4n) is 5.54. The molecule has 1 aliphatic heterocycles. The second-order valence-electron chi connectivity index (χ2n) is 11.3. The topological polar surface area (TPSA) is 135 Å². The average molecular weight is 611 g/mol. The first kappa shape index (κ1) is 39.3. The summed E-state index contributed by atoms with van der Waals surface area (Å²) in [4.78, 5) is 20.5. The van der Waals surface area contributed by atoms with Crippen molar-refractivity contribution in [1.82, 2.24) is 26.6 Å². The van der Waals surface area contributed by atoms with E-state index in [4.69, 9.17) is 10.2 Å². The second kappa shape index (κ2) is 29.7. The van der Waals surface area contributed by atoms with Gasteiger partial charge in [-0.2, -0.15) is 0 Å². The summed E-state index contributed by atoms with van der Waals surface area (Å²) in [6.45, 7) is 10.6. The predicted molar refractivity (Wildman–Crippen MR) is 160 cm³/mol. The number of hydrogen-bond acceptors (Lipinski definition) is 7. The van der Waals surface area contributed by atoms with Crippen LogP contribution in [0.2, 0.25) is 0 Å². The molecule has 0 unspecified atom stereocenters. The Bertz CT molecular complexity index is 484. The van der Waals surface area contributed by atoms with Crippen LogP contribution in [-0.4, -0.2) is 87.6 Å². The minimum atomic E-state index is -0.647. The third-order valence-corrected chi connectivity index (χ3v) is 7.85. The monoisotopic (exact) mass is 610 g/mol. The minimum absolute atomic E-state index is 0. The normalized spacial score (nSPS) is 20.6. The summed E-state index contributed by atoms with van der Waals surface area (Å²) in [5, 5.41) is 33.8. The van der Waals surface area contributed by atoms with E-state index >= 15 is 0 Å². The van der Waals surface area contributed by atoms with E-state index in [0.717, 1.165) is 103 Å². The molecule has 9 nitrogen and oxygen atoms in total. The Morgan fingerprint density at radius 1 is 0.475 bits per heavy atom. The van der Waals surface area contributed by atoms with Crippen LogP contribution in [0.15, 0.2) is 0 Å². The van der Waals surface area contributed by atoms with Crippen LogP contribution in [-0.2, 0) is 26.7 Å². The van der Waals surface area contributed by atoms with E-state index in [0.29, 0.717) is 12.8 Å². The van der Waals surface area contributed by atoms with Crippen LogP contribution >= 0.6 is 0 Å². The Morgan fingerprint density at radius 3 is 0.950 bits per heavy atom. The number of nitrogens with one attached hydrogen (secondary N) is 5. The fraction of sp³-hybridized carbons (Fsp3) is 0.933. The molecule has 3 fully saturated rings. The fourth-order valence-corrected chi connectivity index (χ4v) is 5.54. The number of hydrogen-bond donors (Lipinski definition) is 7. The molecule has 7 N–H and O–H groups in total. The van der Waals surface area contributed by atoms with Crippen molar-refractivity contribution in [3.63, 3.8) is 0 Å². The molecule has 3 rings (SSSR count). The van der Waals surface area contributed by atoms with Crippen LogP contribution in [0.25, 0.3) is 0 Å². The summed E-state index contributed by atoms with van der Waals surface area (Å²) in [6, 6.07) is 0. The number of carboxylic acid groups (broad SMARTS) is 2. The van der Waals surface area contributed by atoms with Crippen molar-refractivity contribution in [2.45, 2.75) is 103 Å². The summed E-state index contributed by atoms with van der Waals surface area (Å²) in [7, 11) is 0. The zero-order valence-electron chi connectivity index (χ0n) is 25.1. The quantitative estimate of drug-likeness (QED) is 0.206. The summed E-state index contributed by atoms with van der Waals surface area (Å²) in [6.07, 6.45) is 18.3. The average Bonchev–Trinajstić information content (AvgIpc) is 2.95. The Balaban J connectivity index is 0.000000568. The van der Waals surface area contributed by atoms with Crippen molar-refractivity contribution in [2.24, 2.45) is 11.8 Å². The smallest absolute Gasteiger partial charge is 0.303 e. The van der Waals surface area contributed by atoms with Gasteiger partial charge in [0.2, 0.25) is 0 Å². The number of carbonyl (C=O) groups is 2. The van der Waals surface area contributed by atoms with Crippen molar-refractivity contribution < 1.29 is 36.9 Å². The number of aliphatic carboxylic acids is 2. The van der Waals surface area contributed by atoms with Crippen molar-refractivity contribution in [3.8, 4) is 0 Å². The van der Waals surface area contributed by atoms with Gasteiger partial charge in [-0.15, -0.1) is 0 Å². The predicted octanol–water partition coefficient (Wildman–Crippen LogP) is 3.59. The molecule has 0 aromatic carbocycles. The Morgan fingerprint density at radius 2 is 0.725 bits per heavy atom. The largest absolute Gasteiger partial charge is 0.481 e. The van der Waals surface area contributed by atoms with E-state index in [1.54, 1.807) is 0 Å². The zero-order chi connectivity index (χ0) is 28.2. The SMILES string of the molecule is C1CNCCNCCNCCNCCN1.O=C(O)CCCC1CCCCC1.O=C(O)CCCC1CCCCC1.[Mn]. The Hall–Kier alpha value is -0.741. The van der Waals surface area contributed by atoms with Crippen LogP contribution < -0.4 is 26.6 Å². The van der Waals surface area contributed by atoms with Crippen LogP contribution in [0, 0.1) is 11.8 Å². The van der Waals surface area contributed by atoms with E-state index in [-0.39, 0.29) is 17.1 Å². The second-order valence-corrected chi connectivity index (χ2v) is 11.3. The van der Waals surface area contributed by atoms with Crippen LogP contribution in [0.3, 0.4) is 0 Å². The molecule has 0 atom stereocenters. The van der Waals surface area contributed by atoms with Gasteiger partial charge in [0.1, 0.15) is 0 Å². The molecule has 0 amide bonds. The van der Waals surface area contributed by atoms with Gasteiger partial charge >= 0.3 is 11.9 Å². The third kappa shape index (κ3) is 27.4. The first-order valence-corrected chi connectivity index (χ1v) is 16.0. The van der Waals surface area contributed by atoms with Gasteiger partial charge in [0, 0.05) is 95.4 Å². The molecule has 2 saturated carbocycles. The molecule has 237 valence electrons. The van der Waals surface area contributed by atoms with Crippen LogP contribution in [0.1, 0.15) is 103 Å². The van der Waals surface area contributed by atoms with Crippen molar-refractivity contribution in [1.29, 1.82) is 0 Å². The zero-order valence-corrected chi connectivity index (χ0v) is 26.3. The molecule has 2 aliphatic carbocycles. The third-order valence-electron chi connectivity index (χ3n) is 7.85. The molecule has 0 spiro atoms. The summed E-state index contributed by atoms with van der Waals surface area (Å²) < 4.78 is 0. The first-order valence-electron chi connectivity index (χ1n) is 16.0. The van der Waals surface area contributed by atoms with Crippen molar-refractivity contribution in [2.75, 3.05) is 65.4 Å². The van der Waals surface area contributed by atoms with E-state index < -0.39 is 11.9 Å². The van der Waals surface area contributed by atoms with Gasteiger partial charge in [-0.1, -0.05) is 64.2 Å². The molecule has 0 bridgehead atoms. The van der Waals surface area contributed by atoms with Gasteiger partial charge in [0.15, 0.2) is 0 Å². The molecule has 3 aliphatic rings. The number of rotatable bonds is 8. The van der Waals surface area contributed by atoms with Crippen molar-refractivity contribution in [3.05, 3.63) is 0 Å². The van der Waals surface area contributed by atoms with E-state index in [1.807, 2.05) is 0 Å². The maximum absolute atomic E-state index is 10.2. The molecule has 1 heterocycles. The van der Waals surface area contributed by atoms with Gasteiger partial charge in [-0.25, -0.2) is 0 Å². The summed E-state index contributed by atoms with van der Waals surface area (Å²) >= 11 is 0. The van der Waals surface area contributed by atoms with E-state index in [9.17, 15) is 9.59 Å². The maximum Gasteiger partial charge on any atom is 0.303 e. The van der Waals surface area contributed by atoms with E-state index in [2.05, 4.69) is 26.6 Å². The minimum Gasteiger partial charge on any atom is -0.481 e. The van der Waals surface area contributed by atoms with Crippen molar-refractivity contribution >= 4 is 11.9 Å². The molecular weight excluding hydrogens is 549 g/mol. The molecule has 0 aromatic rings. The first-order chi connectivity index (χ1) is 19.1. The molecule has 10 heteroatoms. The van der Waals surface area contributed by atoms with Crippen LogP contribution in [0.4, 0.5) is 0 Å². The summed E-state index contributed by atoms with van der Waals surface area (Å²) in [5.41, 5.74) is 0. The molecular formula is C30H61MnN5O4. The molecule has 1 radical (unpaired) electrons. The van der Waals surface area contributed by atoms with Gasteiger partial charge < -0.3 is 36.8 Å². The van der Waals surface area contributed by atoms with Gasteiger partial charge in [0.05, 0.1) is 0 Å². The van der Waals surface area contributed by atoms with Gasteiger partial charge in [-0.3, -0.25) is 9.59 Å². The van der Waals surface area contributed by atoms with Gasteiger partial charge in [-0.05, 0) is 37.5 Å². The summed E-state index contributed by atoms with van der Waals surface area (Å²) in [5.74, 6) is 0.368. The maximum atomic E-state index is 10.2. The van der Waals surface area contributed by atoms with Crippen LogP contribution in [0.5, 0.6) is 0 Å². The molecule has 0 aromatic heterocycles. The Kier molecular flexibility index (Phi) is 29.2. The standard InChI is InChI=1S/C10H25N5.2C10H18O2.Mn/c1-2-12-5-6-14-9-10-15-8-7-13-4-3-11-1;2*11-10(12)8-4-7-9-5-2-1-3-6-9;/h11-15H,1-10H2;2*9H,1-8H2,(H,11,12);. The van der Waals surface area contributed by atoms with E-state index in [1.165, 1.54) is 64.2 Å². The molecule has 1 saturated heterocycles. The van der Waals surface area contributed by atoms with Gasteiger partial charge in [0.25, 0.3) is 0 Å². The Labute approximate surface area is 255 Å².